The molecule has 2 heterocycles. The SMILES string of the molecule is CC(C)C[C@H](NC(=O)c1ccc(N(C)C)cc1)C(=O)N1CCC2C1C(=O)CN2C(=O)c1ccccc1. The molecular formula is C28H34N4O4. The van der Waals surface area contributed by atoms with Crippen molar-refractivity contribution in [3.63, 3.8) is 0 Å². The van der Waals surface area contributed by atoms with Crippen molar-refractivity contribution >= 4 is 29.2 Å². The summed E-state index contributed by atoms with van der Waals surface area (Å²) in [5.74, 6) is -0.766. The van der Waals surface area contributed by atoms with Gasteiger partial charge in [0.2, 0.25) is 5.91 Å². The lowest BCUT2D eigenvalue weighted by molar-refractivity contribution is -0.138. The van der Waals surface area contributed by atoms with E-state index in [1.165, 1.54) is 0 Å². The summed E-state index contributed by atoms with van der Waals surface area (Å²) in [6, 6.07) is 14.3. The molecule has 2 fully saturated rings. The van der Waals surface area contributed by atoms with Crippen LogP contribution >= 0.6 is 0 Å². The van der Waals surface area contributed by atoms with Gasteiger partial charge in [-0.3, -0.25) is 19.2 Å². The molecule has 0 bridgehead atoms. The van der Waals surface area contributed by atoms with Gasteiger partial charge in [0.05, 0.1) is 12.6 Å². The second-order valence-corrected chi connectivity index (χ2v) is 10.2. The summed E-state index contributed by atoms with van der Waals surface area (Å²) in [6.45, 7) is 4.35. The molecule has 190 valence electrons. The molecule has 3 amide bonds. The fourth-order valence-corrected chi connectivity index (χ4v) is 5.13. The summed E-state index contributed by atoms with van der Waals surface area (Å²) < 4.78 is 0. The molecule has 2 unspecified atom stereocenters. The summed E-state index contributed by atoms with van der Waals surface area (Å²) in [5.41, 5.74) is 1.97. The number of carbonyl (C=O) groups excluding carboxylic acids is 4. The minimum Gasteiger partial charge on any atom is -0.378 e. The molecule has 36 heavy (non-hydrogen) atoms. The van der Waals surface area contributed by atoms with E-state index < -0.39 is 12.1 Å². The number of anilines is 1. The number of hydrogen-bond acceptors (Lipinski definition) is 5. The van der Waals surface area contributed by atoms with Crippen LogP contribution in [-0.4, -0.2) is 78.6 Å². The van der Waals surface area contributed by atoms with Crippen LogP contribution in [0.3, 0.4) is 0 Å². The van der Waals surface area contributed by atoms with Crippen LogP contribution in [0.5, 0.6) is 0 Å². The van der Waals surface area contributed by atoms with E-state index in [0.29, 0.717) is 30.5 Å². The van der Waals surface area contributed by atoms with Crippen LogP contribution in [0.25, 0.3) is 0 Å². The van der Waals surface area contributed by atoms with Crippen LogP contribution in [0, 0.1) is 5.92 Å². The average Bonchev–Trinajstić information content (AvgIpc) is 3.44. The van der Waals surface area contributed by atoms with Gasteiger partial charge in [-0.05, 0) is 55.2 Å². The lowest BCUT2D eigenvalue weighted by Crippen LogP contribution is -2.53. The van der Waals surface area contributed by atoms with Gasteiger partial charge in [0.15, 0.2) is 5.78 Å². The second kappa shape index (κ2) is 10.5. The molecule has 2 aromatic carbocycles. The number of nitrogens with one attached hydrogen (secondary N) is 1. The molecule has 8 nitrogen and oxygen atoms in total. The maximum Gasteiger partial charge on any atom is 0.254 e. The van der Waals surface area contributed by atoms with E-state index in [4.69, 9.17) is 0 Å². The van der Waals surface area contributed by atoms with Crippen molar-refractivity contribution in [2.75, 3.05) is 32.1 Å². The van der Waals surface area contributed by atoms with Crippen molar-refractivity contribution in [2.24, 2.45) is 5.92 Å². The van der Waals surface area contributed by atoms with Crippen LogP contribution in [0.15, 0.2) is 54.6 Å². The molecule has 2 aliphatic rings. The zero-order chi connectivity index (χ0) is 26.0. The molecule has 0 radical (unpaired) electrons. The first kappa shape index (κ1) is 25.4. The first-order valence-electron chi connectivity index (χ1n) is 12.4. The number of benzene rings is 2. The third-order valence-electron chi connectivity index (χ3n) is 6.94. The number of ketones is 1. The molecule has 0 spiro atoms. The highest BCUT2D eigenvalue weighted by Gasteiger charge is 2.52. The monoisotopic (exact) mass is 490 g/mol. The number of likely N-dealkylation sites (tertiary alicyclic amines) is 2. The topological polar surface area (TPSA) is 90.0 Å². The fraction of sp³-hybridized carbons (Fsp3) is 0.429. The molecule has 2 saturated heterocycles. The summed E-state index contributed by atoms with van der Waals surface area (Å²) in [5, 5.41) is 2.91. The summed E-state index contributed by atoms with van der Waals surface area (Å²) in [6.07, 6.45) is 0.990. The standard InChI is InChI=1S/C28H34N4O4/c1-18(2)16-22(29-26(34)19-10-12-21(13-11-19)30(3)4)28(36)31-15-14-23-25(31)24(33)17-32(23)27(35)20-8-6-5-7-9-20/h5-13,18,22-23,25H,14-17H2,1-4H3,(H,29,34)/t22-,23?,25?/m0/s1. The lowest BCUT2D eigenvalue weighted by Gasteiger charge is -2.29. The van der Waals surface area contributed by atoms with Crippen molar-refractivity contribution < 1.29 is 19.2 Å². The highest BCUT2D eigenvalue weighted by atomic mass is 16.2. The van der Waals surface area contributed by atoms with Gasteiger partial charge in [-0.1, -0.05) is 32.0 Å². The van der Waals surface area contributed by atoms with Gasteiger partial charge in [-0.15, -0.1) is 0 Å². The Morgan fingerprint density at radius 1 is 0.972 bits per heavy atom. The first-order valence-corrected chi connectivity index (χ1v) is 12.4. The van der Waals surface area contributed by atoms with Crippen LogP contribution in [0.2, 0.25) is 0 Å². The Kier molecular flexibility index (Phi) is 7.43. The van der Waals surface area contributed by atoms with Crippen LogP contribution in [0.4, 0.5) is 5.69 Å². The Balaban J connectivity index is 1.50. The van der Waals surface area contributed by atoms with Gasteiger partial charge < -0.3 is 20.0 Å². The average molecular weight is 491 g/mol. The quantitative estimate of drug-likeness (QED) is 0.645. The van der Waals surface area contributed by atoms with E-state index in [0.717, 1.165) is 5.69 Å². The predicted octanol–water partition coefficient (Wildman–Crippen LogP) is 2.59. The Hall–Kier alpha value is -3.68. The highest BCUT2D eigenvalue weighted by molar-refractivity contribution is 6.03. The van der Waals surface area contributed by atoms with Gasteiger partial charge >= 0.3 is 0 Å². The third-order valence-corrected chi connectivity index (χ3v) is 6.94. The third kappa shape index (κ3) is 5.12. The minimum absolute atomic E-state index is 0.00767. The fourth-order valence-electron chi connectivity index (χ4n) is 5.13. The molecule has 8 heteroatoms. The van der Waals surface area contributed by atoms with Crippen molar-refractivity contribution in [2.45, 2.75) is 44.8 Å². The normalized spacial score (nSPS) is 19.9. The lowest BCUT2D eigenvalue weighted by atomic mass is 10.0. The Labute approximate surface area is 212 Å². The number of fused-ring (bicyclic) bond motifs is 1. The van der Waals surface area contributed by atoms with Crippen molar-refractivity contribution in [1.82, 2.24) is 15.1 Å². The molecule has 2 aromatic rings. The van der Waals surface area contributed by atoms with Crippen molar-refractivity contribution in [1.29, 1.82) is 0 Å². The summed E-state index contributed by atoms with van der Waals surface area (Å²) in [4.78, 5) is 57.9. The highest BCUT2D eigenvalue weighted by Crippen LogP contribution is 2.32. The number of rotatable bonds is 7. The first-order chi connectivity index (χ1) is 17.2. The van der Waals surface area contributed by atoms with E-state index in [9.17, 15) is 19.2 Å². The molecule has 0 saturated carbocycles. The summed E-state index contributed by atoms with van der Waals surface area (Å²) in [7, 11) is 3.85. The molecule has 3 atom stereocenters. The van der Waals surface area contributed by atoms with Crippen molar-refractivity contribution in [3.8, 4) is 0 Å². The van der Waals surface area contributed by atoms with Gasteiger partial charge in [0.1, 0.15) is 12.1 Å². The molecular weight excluding hydrogens is 456 g/mol. The summed E-state index contributed by atoms with van der Waals surface area (Å²) >= 11 is 0. The second-order valence-electron chi connectivity index (χ2n) is 10.2. The Morgan fingerprint density at radius 3 is 2.25 bits per heavy atom. The van der Waals surface area contributed by atoms with Crippen LogP contribution in [-0.2, 0) is 9.59 Å². The largest absolute Gasteiger partial charge is 0.378 e. The van der Waals surface area contributed by atoms with E-state index in [-0.39, 0.29) is 42.0 Å². The number of Topliss-reactive ketones (excluding diaryl/α,β-unsaturated/α-hetero) is 1. The van der Waals surface area contributed by atoms with Gasteiger partial charge in [0.25, 0.3) is 11.8 Å². The van der Waals surface area contributed by atoms with Gasteiger partial charge in [0, 0.05) is 37.5 Å². The van der Waals surface area contributed by atoms with E-state index >= 15 is 0 Å². The van der Waals surface area contributed by atoms with E-state index in [2.05, 4.69) is 5.32 Å². The Morgan fingerprint density at radius 2 is 1.64 bits per heavy atom. The molecule has 2 aliphatic heterocycles. The zero-order valence-corrected chi connectivity index (χ0v) is 21.3. The zero-order valence-electron chi connectivity index (χ0n) is 21.3. The molecule has 0 aromatic heterocycles. The van der Waals surface area contributed by atoms with Crippen LogP contribution < -0.4 is 10.2 Å². The number of amides is 3. The predicted molar refractivity (Wildman–Crippen MR) is 138 cm³/mol. The Bertz CT molecular complexity index is 1130. The maximum atomic E-state index is 13.7. The number of hydrogen-bond donors (Lipinski definition) is 1. The molecule has 4 rings (SSSR count). The van der Waals surface area contributed by atoms with Gasteiger partial charge in [-0.25, -0.2) is 0 Å². The van der Waals surface area contributed by atoms with Crippen LogP contribution in [0.1, 0.15) is 47.4 Å². The molecule has 0 aliphatic carbocycles. The van der Waals surface area contributed by atoms with E-state index in [1.807, 2.05) is 51.0 Å². The van der Waals surface area contributed by atoms with Crippen molar-refractivity contribution in [3.05, 3.63) is 65.7 Å². The number of carbonyl (C=O) groups is 4. The maximum absolute atomic E-state index is 13.7. The molecule has 1 N–H and O–H groups in total. The van der Waals surface area contributed by atoms with Gasteiger partial charge in [-0.2, -0.15) is 0 Å². The smallest absolute Gasteiger partial charge is 0.254 e. The minimum atomic E-state index is -0.753. The number of nitrogens with zero attached hydrogens (tertiary/aromatic N) is 3. The van der Waals surface area contributed by atoms with E-state index in [1.54, 1.807) is 46.2 Å².